The largest absolute Gasteiger partial charge is 0.459 e. The molecule has 4 rings (SSSR count). The molecule has 8 heteroatoms. The summed E-state index contributed by atoms with van der Waals surface area (Å²) in [5.41, 5.74) is 1.32. The molecule has 0 fully saturated rings. The second kappa shape index (κ2) is 10.2. The summed E-state index contributed by atoms with van der Waals surface area (Å²) < 4.78 is 23.7. The van der Waals surface area contributed by atoms with Crippen molar-refractivity contribution in [1.82, 2.24) is 10.3 Å². The smallest absolute Gasteiger partial charge is 0.287 e. The van der Waals surface area contributed by atoms with Gasteiger partial charge in [0.05, 0.1) is 18.1 Å². The molecule has 2 N–H and O–H groups in total. The third-order valence-electron chi connectivity index (χ3n) is 4.69. The fourth-order valence-corrected chi connectivity index (χ4v) is 3.06. The fourth-order valence-electron chi connectivity index (χ4n) is 3.06. The molecule has 166 valence electrons. The Balaban J connectivity index is 1.43. The van der Waals surface area contributed by atoms with Crippen LogP contribution in [0.25, 0.3) is 0 Å². The molecule has 1 unspecified atom stereocenters. The SMILES string of the molecule is O=C(NC(Cc1ccccc1)C(=O)Nc1ccc(Oc2ccc(F)cc2)nc1)c1ccco1. The van der Waals surface area contributed by atoms with Crippen LogP contribution in [-0.2, 0) is 11.2 Å². The quantitative estimate of drug-likeness (QED) is 0.414. The van der Waals surface area contributed by atoms with E-state index in [0.717, 1.165) is 5.56 Å². The molecule has 0 radical (unpaired) electrons. The molecule has 4 aromatic rings. The third kappa shape index (κ3) is 6.04. The summed E-state index contributed by atoms with van der Waals surface area (Å²) in [6, 6.07) is 20.4. The zero-order chi connectivity index (χ0) is 23.0. The maximum Gasteiger partial charge on any atom is 0.287 e. The molecule has 0 saturated heterocycles. The summed E-state index contributed by atoms with van der Waals surface area (Å²) in [6.07, 6.45) is 3.12. The molecule has 2 heterocycles. The molecule has 0 aliphatic heterocycles. The van der Waals surface area contributed by atoms with Crippen molar-refractivity contribution in [1.29, 1.82) is 0 Å². The van der Waals surface area contributed by atoms with E-state index in [2.05, 4.69) is 15.6 Å². The van der Waals surface area contributed by atoms with Gasteiger partial charge in [-0.2, -0.15) is 0 Å². The van der Waals surface area contributed by atoms with E-state index in [1.165, 1.54) is 42.8 Å². The number of benzene rings is 2. The average Bonchev–Trinajstić information content (AvgIpc) is 3.37. The van der Waals surface area contributed by atoms with Crippen LogP contribution in [0.4, 0.5) is 10.1 Å². The Morgan fingerprint density at radius 1 is 0.970 bits per heavy atom. The van der Waals surface area contributed by atoms with Crippen LogP contribution >= 0.6 is 0 Å². The number of pyridine rings is 1. The summed E-state index contributed by atoms with van der Waals surface area (Å²) in [7, 11) is 0. The number of nitrogens with one attached hydrogen (secondary N) is 2. The van der Waals surface area contributed by atoms with E-state index in [0.29, 0.717) is 11.4 Å². The minimum Gasteiger partial charge on any atom is -0.459 e. The Hall–Kier alpha value is -4.46. The molecule has 2 aromatic heterocycles. The van der Waals surface area contributed by atoms with Crippen LogP contribution in [-0.4, -0.2) is 22.8 Å². The first-order valence-corrected chi connectivity index (χ1v) is 10.2. The summed E-state index contributed by atoms with van der Waals surface area (Å²) in [6.45, 7) is 0. The number of nitrogens with zero attached hydrogens (tertiary/aromatic N) is 1. The van der Waals surface area contributed by atoms with Crippen LogP contribution in [0.1, 0.15) is 16.1 Å². The number of halogens is 1. The van der Waals surface area contributed by atoms with E-state index in [1.54, 1.807) is 18.2 Å². The molecule has 0 spiro atoms. The highest BCUT2D eigenvalue weighted by Gasteiger charge is 2.23. The van der Waals surface area contributed by atoms with E-state index in [9.17, 15) is 14.0 Å². The number of carbonyl (C=O) groups excluding carboxylic acids is 2. The van der Waals surface area contributed by atoms with E-state index in [4.69, 9.17) is 9.15 Å². The zero-order valence-corrected chi connectivity index (χ0v) is 17.4. The van der Waals surface area contributed by atoms with Crippen LogP contribution in [0, 0.1) is 5.82 Å². The summed E-state index contributed by atoms with van der Waals surface area (Å²) >= 11 is 0. The van der Waals surface area contributed by atoms with Crippen LogP contribution in [0.5, 0.6) is 11.6 Å². The van der Waals surface area contributed by atoms with Crippen molar-refractivity contribution < 1.29 is 23.1 Å². The lowest BCUT2D eigenvalue weighted by molar-refractivity contribution is -0.118. The number of furan rings is 1. The number of ether oxygens (including phenoxy) is 1. The van der Waals surface area contributed by atoms with Gasteiger partial charge in [-0.3, -0.25) is 9.59 Å². The van der Waals surface area contributed by atoms with Crippen molar-refractivity contribution in [3.63, 3.8) is 0 Å². The van der Waals surface area contributed by atoms with E-state index in [1.807, 2.05) is 30.3 Å². The maximum atomic E-state index is 13.0. The predicted molar refractivity (Wildman–Crippen MR) is 119 cm³/mol. The van der Waals surface area contributed by atoms with Gasteiger partial charge in [0.25, 0.3) is 5.91 Å². The Kier molecular flexibility index (Phi) is 6.75. The van der Waals surface area contributed by atoms with Gasteiger partial charge in [0.2, 0.25) is 11.8 Å². The van der Waals surface area contributed by atoms with Crippen LogP contribution in [0.2, 0.25) is 0 Å². The topological polar surface area (TPSA) is 93.5 Å². The Labute approximate surface area is 189 Å². The highest BCUT2D eigenvalue weighted by molar-refractivity contribution is 6.00. The zero-order valence-electron chi connectivity index (χ0n) is 17.4. The molecule has 2 aromatic carbocycles. The number of rotatable bonds is 8. The molecule has 1 atom stereocenters. The lowest BCUT2D eigenvalue weighted by Gasteiger charge is -2.18. The van der Waals surface area contributed by atoms with E-state index >= 15 is 0 Å². The van der Waals surface area contributed by atoms with Gasteiger partial charge in [0.1, 0.15) is 17.6 Å². The maximum absolute atomic E-state index is 13.0. The Morgan fingerprint density at radius 2 is 1.76 bits per heavy atom. The molecular formula is C25H20FN3O4. The normalized spacial score (nSPS) is 11.4. The van der Waals surface area contributed by atoms with Crippen molar-refractivity contribution >= 4 is 17.5 Å². The minimum atomic E-state index is -0.847. The molecular weight excluding hydrogens is 425 g/mol. The van der Waals surface area contributed by atoms with Crippen molar-refractivity contribution in [2.24, 2.45) is 0 Å². The van der Waals surface area contributed by atoms with Gasteiger partial charge in [0.15, 0.2) is 5.76 Å². The van der Waals surface area contributed by atoms with E-state index < -0.39 is 17.9 Å². The number of aromatic nitrogens is 1. The van der Waals surface area contributed by atoms with Crippen LogP contribution in [0.3, 0.4) is 0 Å². The van der Waals surface area contributed by atoms with Crippen molar-refractivity contribution in [2.75, 3.05) is 5.32 Å². The van der Waals surface area contributed by atoms with Gasteiger partial charge >= 0.3 is 0 Å². The van der Waals surface area contributed by atoms with Crippen LogP contribution in [0.15, 0.2) is 95.7 Å². The first-order chi connectivity index (χ1) is 16.1. The average molecular weight is 445 g/mol. The standard InChI is InChI=1S/C25H20FN3O4/c26-18-8-11-20(12-9-18)33-23-13-10-19(16-27-23)28-24(30)21(15-17-5-2-1-3-6-17)29-25(31)22-7-4-14-32-22/h1-14,16,21H,15H2,(H,28,30)(H,29,31). The number of amides is 2. The van der Waals surface area contributed by atoms with Crippen molar-refractivity contribution in [2.45, 2.75) is 12.5 Å². The Morgan fingerprint density at radius 3 is 2.42 bits per heavy atom. The second-order valence-corrected chi connectivity index (χ2v) is 7.12. The highest BCUT2D eigenvalue weighted by atomic mass is 19.1. The molecule has 0 saturated carbocycles. The monoisotopic (exact) mass is 445 g/mol. The number of carbonyl (C=O) groups is 2. The van der Waals surface area contributed by atoms with Gasteiger partial charge in [0, 0.05) is 12.5 Å². The van der Waals surface area contributed by atoms with Gasteiger partial charge in [-0.05, 0) is 48.0 Å². The number of anilines is 1. The second-order valence-electron chi connectivity index (χ2n) is 7.12. The number of hydrogen-bond donors (Lipinski definition) is 2. The summed E-state index contributed by atoms with van der Waals surface area (Å²) in [5.74, 6) is -0.428. The van der Waals surface area contributed by atoms with Crippen LogP contribution < -0.4 is 15.4 Å². The van der Waals surface area contributed by atoms with Gasteiger partial charge in [-0.1, -0.05) is 30.3 Å². The van der Waals surface area contributed by atoms with Crippen molar-refractivity contribution in [3.8, 4) is 11.6 Å². The predicted octanol–water partition coefficient (Wildman–Crippen LogP) is 4.59. The van der Waals surface area contributed by atoms with Gasteiger partial charge in [-0.25, -0.2) is 9.37 Å². The summed E-state index contributed by atoms with van der Waals surface area (Å²) in [5, 5.41) is 5.48. The number of hydrogen-bond acceptors (Lipinski definition) is 5. The lowest BCUT2D eigenvalue weighted by atomic mass is 10.0. The Bertz CT molecular complexity index is 1190. The van der Waals surface area contributed by atoms with Gasteiger partial charge < -0.3 is 19.8 Å². The van der Waals surface area contributed by atoms with Crippen molar-refractivity contribution in [3.05, 3.63) is 108 Å². The minimum absolute atomic E-state index is 0.116. The summed E-state index contributed by atoms with van der Waals surface area (Å²) in [4.78, 5) is 29.6. The first kappa shape index (κ1) is 21.8. The molecule has 7 nitrogen and oxygen atoms in total. The third-order valence-corrected chi connectivity index (χ3v) is 4.69. The van der Waals surface area contributed by atoms with Gasteiger partial charge in [-0.15, -0.1) is 0 Å². The fraction of sp³-hybridized carbons (Fsp3) is 0.0800. The molecule has 0 aliphatic carbocycles. The molecule has 0 bridgehead atoms. The van der Waals surface area contributed by atoms with E-state index in [-0.39, 0.29) is 23.9 Å². The lowest BCUT2D eigenvalue weighted by Crippen LogP contribution is -2.45. The first-order valence-electron chi connectivity index (χ1n) is 10.2. The highest BCUT2D eigenvalue weighted by Crippen LogP contribution is 2.21. The molecule has 33 heavy (non-hydrogen) atoms. The molecule has 0 aliphatic rings. The molecule has 2 amide bonds.